The lowest BCUT2D eigenvalue weighted by atomic mass is 9.97. The van der Waals surface area contributed by atoms with E-state index in [9.17, 15) is 14.3 Å². The van der Waals surface area contributed by atoms with Crippen molar-refractivity contribution in [1.82, 2.24) is 4.57 Å². The van der Waals surface area contributed by atoms with Crippen LogP contribution in [0, 0.1) is 5.82 Å². The van der Waals surface area contributed by atoms with Gasteiger partial charge >= 0.3 is 5.97 Å². The number of rotatable bonds is 5. The molecular formula is C22H21FN2O2. The number of aryl methyl sites for hydroxylation is 1. The van der Waals surface area contributed by atoms with Gasteiger partial charge in [-0.25, -0.2) is 4.39 Å². The van der Waals surface area contributed by atoms with Crippen molar-refractivity contribution in [1.29, 1.82) is 0 Å². The lowest BCUT2D eigenvalue weighted by Gasteiger charge is -2.15. The lowest BCUT2D eigenvalue weighted by molar-refractivity contribution is -0.136. The van der Waals surface area contributed by atoms with Crippen LogP contribution in [-0.4, -0.2) is 21.9 Å². The number of halogens is 1. The topological polar surface area (TPSA) is 54.6 Å². The second kappa shape index (κ2) is 6.65. The Morgan fingerprint density at radius 1 is 1.26 bits per heavy atom. The summed E-state index contributed by atoms with van der Waals surface area (Å²) in [5.74, 6) is -0.896. The van der Waals surface area contributed by atoms with Gasteiger partial charge < -0.3 is 9.67 Å². The van der Waals surface area contributed by atoms with Crippen molar-refractivity contribution >= 4 is 23.1 Å². The van der Waals surface area contributed by atoms with Crippen LogP contribution in [0.4, 0.5) is 4.39 Å². The molecule has 4 nitrogen and oxygen atoms in total. The number of aliphatic imine (C=N–C) groups is 1. The number of nitrogens with zero attached hydrogens (tertiary/aromatic N) is 2. The first kappa shape index (κ1) is 17.5. The Morgan fingerprint density at radius 3 is 2.67 bits per heavy atom. The number of carbonyl (C=O) groups is 1. The number of hydrogen-bond donors (Lipinski definition) is 1. The van der Waals surface area contributed by atoms with E-state index in [1.165, 1.54) is 12.1 Å². The van der Waals surface area contributed by atoms with Crippen molar-refractivity contribution < 1.29 is 14.3 Å². The molecule has 2 aromatic carbocycles. The Morgan fingerprint density at radius 2 is 2.00 bits per heavy atom. The molecule has 0 unspecified atom stereocenters. The molecule has 1 N–H and O–H groups in total. The summed E-state index contributed by atoms with van der Waals surface area (Å²) in [5, 5.41) is 10.3. The molecule has 0 saturated carbocycles. The second-order valence-corrected chi connectivity index (χ2v) is 7.26. The van der Waals surface area contributed by atoms with Crippen LogP contribution in [0.5, 0.6) is 0 Å². The van der Waals surface area contributed by atoms with Gasteiger partial charge in [-0.2, -0.15) is 0 Å². The van der Waals surface area contributed by atoms with Gasteiger partial charge in [0.1, 0.15) is 5.82 Å². The van der Waals surface area contributed by atoms with E-state index in [-0.39, 0.29) is 18.2 Å². The fourth-order valence-electron chi connectivity index (χ4n) is 3.95. The third kappa shape index (κ3) is 3.03. The van der Waals surface area contributed by atoms with Gasteiger partial charge in [-0.15, -0.1) is 0 Å². The van der Waals surface area contributed by atoms with Crippen molar-refractivity contribution in [3.8, 4) is 5.69 Å². The zero-order valence-electron chi connectivity index (χ0n) is 15.4. The van der Waals surface area contributed by atoms with Gasteiger partial charge in [-0.3, -0.25) is 9.79 Å². The number of aromatic nitrogens is 1. The lowest BCUT2D eigenvalue weighted by Crippen LogP contribution is -2.06. The third-order valence-electron chi connectivity index (χ3n) is 5.09. The molecule has 5 heteroatoms. The monoisotopic (exact) mass is 364 g/mol. The molecule has 0 atom stereocenters. The van der Waals surface area contributed by atoms with E-state index < -0.39 is 5.97 Å². The number of benzene rings is 2. The molecule has 3 aromatic rings. The van der Waals surface area contributed by atoms with Gasteiger partial charge in [-0.1, -0.05) is 13.8 Å². The summed E-state index contributed by atoms with van der Waals surface area (Å²) in [6.45, 7) is 4.86. The summed E-state index contributed by atoms with van der Waals surface area (Å²) in [5.41, 5.74) is 6.27. The average molecular weight is 364 g/mol. The maximum Gasteiger partial charge on any atom is 0.303 e. The van der Waals surface area contributed by atoms with E-state index in [0.29, 0.717) is 13.0 Å². The molecule has 1 aliphatic rings. The summed E-state index contributed by atoms with van der Waals surface area (Å²) in [6.07, 6.45) is 2.42. The van der Waals surface area contributed by atoms with E-state index in [1.54, 1.807) is 12.1 Å². The number of carboxylic acid groups (broad SMARTS) is 1. The minimum atomic E-state index is -0.808. The van der Waals surface area contributed by atoms with Gasteiger partial charge in [0.05, 0.1) is 12.1 Å². The maximum atomic E-state index is 13.5. The van der Waals surface area contributed by atoms with Crippen molar-refractivity contribution in [2.45, 2.75) is 39.2 Å². The summed E-state index contributed by atoms with van der Waals surface area (Å²) in [7, 11) is 0. The zero-order chi connectivity index (χ0) is 19.1. The highest BCUT2D eigenvalue weighted by Crippen LogP contribution is 2.37. The van der Waals surface area contributed by atoms with Crippen molar-refractivity contribution in [2.24, 2.45) is 4.99 Å². The van der Waals surface area contributed by atoms with Crippen LogP contribution in [0.2, 0.25) is 0 Å². The largest absolute Gasteiger partial charge is 0.481 e. The zero-order valence-corrected chi connectivity index (χ0v) is 15.4. The van der Waals surface area contributed by atoms with Crippen molar-refractivity contribution in [3.05, 3.63) is 64.6 Å². The highest BCUT2D eigenvalue weighted by atomic mass is 19.1. The number of hydrogen-bond acceptors (Lipinski definition) is 2. The maximum absolute atomic E-state index is 13.5. The smallest absolute Gasteiger partial charge is 0.303 e. The van der Waals surface area contributed by atoms with E-state index in [2.05, 4.69) is 35.5 Å². The van der Waals surface area contributed by atoms with Crippen LogP contribution in [0.15, 0.2) is 41.4 Å². The van der Waals surface area contributed by atoms with E-state index in [0.717, 1.165) is 39.0 Å². The van der Waals surface area contributed by atoms with E-state index in [1.807, 2.05) is 6.21 Å². The quantitative estimate of drug-likeness (QED) is 0.704. The number of aliphatic carboxylic acids is 1. The molecule has 0 fully saturated rings. The Bertz CT molecular complexity index is 1060. The summed E-state index contributed by atoms with van der Waals surface area (Å²) in [6, 6.07) is 10.7. The normalized spacial score (nSPS) is 12.9. The highest BCUT2D eigenvalue weighted by Gasteiger charge is 2.23. The number of fused-ring (bicyclic) bond motifs is 2. The first-order chi connectivity index (χ1) is 13.0. The summed E-state index contributed by atoms with van der Waals surface area (Å²) < 4.78 is 15.6. The summed E-state index contributed by atoms with van der Waals surface area (Å²) in [4.78, 5) is 15.6. The van der Waals surface area contributed by atoms with Crippen molar-refractivity contribution in [3.63, 3.8) is 0 Å². The molecule has 138 valence electrons. The molecule has 27 heavy (non-hydrogen) atoms. The molecule has 0 spiro atoms. The van der Waals surface area contributed by atoms with E-state index in [4.69, 9.17) is 0 Å². The molecule has 0 radical (unpaired) electrons. The minimum absolute atomic E-state index is 0.0792. The Labute approximate surface area is 157 Å². The van der Waals surface area contributed by atoms with Crippen LogP contribution in [0.3, 0.4) is 0 Å². The molecule has 0 saturated heterocycles. The van der Waals surface area contributed by atoms with Crippen molar-refractivity contribution in [2.75, 3.05) is 0 Å². The van der Waals surface area contributed by atoms with Gasteiger partial charge in [0.15, 0.2) is 0 Å². The van der Waals surface area contributed by atoms with Crippen LogP contribution in [0.1, 0.15) is 48.6 Å². The van der Waals surface area contributed by atoms with Crippen LogP contribution in [-0.2, 0) is 17.8 Å². The second-order valence-electron chi connectivity index (χ2n) is 7.26. The van der Waals surface area contributed by atoms with Gasteiger partial charge in [0.25, 0.3) is 0 Å². The molecule has 1 aromatic heterocycles. The third-order valence-corrected chi connectivity index (χ3v) is 5.09. The predicted octanol–water partition coefficient (Wildman–Crippen LogP) is 4.84. The number of carboxylic acids is 1. The summed E-state index contributed by atoms with van der Waals surface area (Å²) >= 11 is 0. The molecule has 0 amide bonds. The fraction of sp³-hybridized carbons (Fsp3) is 0.273. The molecular weight excluding hydrogens is 343 g/mol. The Kier molecular flexibility index (Phi) is 4.30. The first-order valence-electron chi connectivity index (χ1n) is 9.13. The van der Waals surface area contributed by atoms with Crippen LogP contribution >= 0.6 is 0 Å². The molecule has 0 aliphatic carbocycles. The average Bonchev–Trinajstić information content (AvgIpc) is 3.20. The Balaban J connectivity index is 2.03. The molecule has 0 bridgehead atoms. The molecule has 1 aliphatic heterocycles. The van der Waals surface area contributed by atoms with Gasteiger partial charge in [-0.05, 0) is 65.4 Å². The standard InChI is InChI=1S/C22H21FN2O2/c1-13(2)22-18(7-8-21(26)27)19-9-14-11-24-12-15(14)10-20(19)25(22)17-5-3-16(23)4-6-17/h3-6,9-10,12-13H,7-8,11H2,1-2H3,(H,26,27). The van der Waals surface area contributed by atoms with Crippen LogP contribution in [0.25, 0.3) is 16.6 Å². The van der Waals surface area contributed by atoms with Gasteiger partial charge in [0, 0.05) is 29.4 Å². The molecule has 4 rings (SSSR count). The van der Waals surface area contributed by atoms with Gasteiger partial charge in [0.2, 0.25) is 0 Å². The highest BCUT2D eigenvalue weighted by molar-refractivity contribution is 5.96. The first-order valence-corrected chi connectivity index (χ1v) is 9.13. The molecule has 2 heterocycles. The SMILES string of the molecule is CC(C)c1c(CCC(=O)O)c2cc3c(cc2n1-c1ccc(F)cc1)C=NC3. The minimum Gasteiger partial charge on any atom is -0.481 e. The predicted molar refractivity (Wildman–Crippen MR) is 105 cm³/mol. The Hall–Kier alpha value is -2.95. The fourth-order valence-corrected chi connectivity index (χ4v) is 3.95. The van der Waals surface area contributed by atoms with E-state index >= 15 is 0 Å². The van der Waals surface area contributed by atoms with Crippen LogP contribution < -0.4 is 0 Å².